The molecule has 0 bridgehead atoms. The summed E-state index contributed by atoms with van der Waals surface area (Å²) in [5, 5.41) is 3.94. The van der Waals surface area contributed by atoms with E-state index >= 15 is 0 Å². The predicted octanol–water partition coefficient (Wildman–Crippen LogP) is 6.22. The number of fused-ring (bicyclic) bond motifs is 1. The Morgan fingerprint density at radius 1 is 1.10 bits per heavy atom. The standard InChI is InChI=1S/C23H30N3O4P/c1-4-29-31(27,30-5-2)25-17-11-9-16(10-12-17)23-22(24)20-14-13-19(28-3)15-21(20)26(23)18-7-6-8-18/h9-15,18H,4-8,24H2,1-3H3,(H,25,27). The van der Waals surface area contributed by atoms with Crippen molar-refractivity contribution < 1.29 is 18.3 Å². The van der Waals surface area contributed by atoms with Gasteiger partial charge in [0.15, 0.2) is 0 Å². The number of rotatable bonds is 9. The molecule has 1 saturated carbocycles. The number of nitrogens with zero attached hydrogens (tertiary/aromatic N) is 1. The molecule has 0 aliphatic heterocycles. The predicted molar refractivity (Wildman–Crippen MR) is 126 cm³/mol. The summed E-state index contributed by atoms with van der Waals surface area (Å²) in [5.41, 5.74) is 11.2. The molecule has 4 rings (SSSR count). The maximum Gasteiger partial charge on any atom is 0.432 e. The van der Waals surface area contributed by atoms with Crippen molar-refractivity contribution in [2.75, 3.05) is 31.1 Å². The van der Waals surface area contributed by atoms with Crippen molar-refractivity contribution in [1.29, 1.82) is 0 Å². The lowest BCUT2D eigenvalue weighted by molar-refractivity contribution is 0.225. The lowest BCUT2D eigenvalue weighted by Crippen LogP contribution is -2.17. The monoisotopic (exact) mass is 443 g/mol. The molecule has 0 unspecified atom stereocenters. The highest BCUT2D eigenvalue weighted by Crippen LogP contribution is 2.48. The van der Waals surface area contributed by atoms with Gasteiger partial charge in [0.05, 0.1) is 37.2 Å². The third kappa shape index (κ3) is 4.18. The molecule has 2 aromatic carbocycles. The van der Waals surface area contributed by atoms with Gasteiger partial charge in [-0.1, -0.05) is 12.1 Å². The van der Waals surface area contributed by atoms with E-state index in [9.17, 15) is 4.57 Å². The van der Waals surface area contributed by atoms with Gasteiger partial charge >= 0.3 is 7.75 Å². The summed E-state index contributed by atoms with van der Waals surface area (Å²) in [5.74, 6) is 0.819. The third-order valence-electron chi connectivity index (χ3n) is 5.71. The van der Waals surface area contributed by atoms with Crippen LogP contribution in [0.15, 0.2) is 42.5 Å². The van der Waals surface area contributed by atoms with Crippen LogP contribution in [0.25, 0.3) is 22.2 Å². The molecule has 166 valence electrons. The normalized spacial score (nSPS) is 14.5. The Kier molecular flexibility index (Phi) is 6.28. The van der Waals surface area contributed by atoms with Crippen LogP contribution >= 0.6 is 7.75 Å². The van der Waals surface area contributed by atoms with Crippen LogP contribution in [0.3, 0.4) is 0 Å². The summed E-state index contributed by atoms with van der Waals surface area (Å²) in [6.45, 7) is 4.16. The second-order valence-electron chi connectivity index (χ2n) is 7.62. The molecule has 1 aliphatic rings. The van der Waals surface area contributed by atoms with Crippen LogP contribution in [0.5, 0.6) is 5.75 Å². The minimum absolute atomic E-state index is 0.295. The van der Waals surface area contributed by atoms with Crippen LogP contribution in [-0.2, 0) is 13.6 Å². The molecule has 1 aromatic heterocycles. The van der Waals surface area contributed by atoms with Crippen LogP contribution in [0.1, 0.15) is 39.2 Å². The van der Waals surface area contributed by atoms with Gasteiger partial charge in [-0.05, 0) is 57.4 Å². The number of nitrogens with two attached hydrogens (primary N) is 1. The summed E-state index contributed by atoms with van der Waals surface area (Å²) >= 11 is 0. The maximum absolute atomic E-state index is 12.8. The summed E-state index contributed by atoms with van der Waals surface area (Å²) < 4.78 is 31.2. The van der Waals surface area contributed by atoms with Crippen LogP contribution in [0.4, 0.5) is 11.4 Å². The Morgan fingerprint density at radius 3 is 2.32 bits per heavy atom. The number of hydrogen-bond donors (Lipinski definition) is 2. The van der Waals surface area contributed by atoms with Gasteiger partial charge in [-0.15, -0.1) is 0 Å². The SMILES string of the molecule is CCOP(=O)(Nc1ccc(-c2c(N)c3ccc(OC)cc3n2C2CCC2)cc1)OCC. The van der Waals surface area contributed by atoms with Crippen LogP contribution < -0.4 is 15.6 Å². The van der Waals surface area contributed by atoms with E-state index in [1.54, 1.807) is 21.0 Å². The summed E-state index contributed by atoms with van der Waals surface area (Å²) in [6, 6.07) is 14.2. The molecule has 1 fully saturated rings. The molecule has 1 aliphatic carbocycles. The minimum Gasteiger partial charge on any atom is -0.497 e. The van der Waals surface area contributed by atoms with Crippen molar-refractivity contribution in [1.82, 2.24) is 4.57 Å². The molecule has 31 heavy (non-hydrogen) atoms. The van der Waals surface area contributed by atoms with E-state index < -0.39 is 7.75 Å². The fourth-order valence-corrected chi connectivity index (χ4v) is 5.41. The lowest BCUT2D eigenvalue weighted by Gasteiger charge is -2.30. The largest absolute Gasteiger partial charge is 0.497 e. The highest BCUT2D eigenvalue weighted by atomic mass is 31.2. The lowest BCUT2D eigenvalue weighted by atomic mass is 9.92. The van der Waals surface area contributed by atoms with Gasteiger partial charge in [0, 0.05) is 28.7 Å². The molecule has 0 amide bonds. The van der Waals surface area contributed by atoms with Gasteiger partial charge < -0.3 is 15.0 Å². The third-order valence-corrected chi connectivity index (χ3v) is 7.44. The smallest absolute Gasteiger partial charge is 0.432 e. The summed E-state index contributed by atoms with van der Waals surface area (Å²) in [4.78, 5) is 0. The summed E-state index contributed by atoms with van der Waals surface area (Å²) in [6.07, 6.45) is 3.50. The number of ether oxygens (including phenoxy) is 1. The molecule has 0 atom stereocenters. The number of nitrogen functional groups attached to an aromatic ring is 1. The molecular weight excluding hydrogens is 413 g/mol. The molecule has 0 saturated heterocycles. The maximum atomic E-state index is 12.8. The van der Waals surface area contributed by atoms with Gasteiger partial charge in [-0.3, -0.25) is 14.1 Å². The first-order chi connectivity index (χ1) is 15.0. The molecule has 8 heteroatoms. The van der Waals surface area contributed by atoms with Crippen molar-refractivity contribution in [3.05, 3.63) is 42.5 Å². The Hall–Kier alpha value is -2.47. The van der Waals surface area contributed by atoms with Crippen LogP contribution in [0.2, 0.25) is 0 Å². The van der Waals surface area contributed by atoms with Crippen molar-refractivity contribution in [3.63, 3.8) is 0 Å². The summed E-state index contributed by atoms with van der Waals surface area (Å²) in [7, 11) is -1.71. The molecule has 3 aromatic rings. The number of anilines is 2. The number of hydrogen-bond acceptors (Lipinski definition) is 5. The average Bonchev–Trinajstić information content (AvgIpc) is 2.99. The topological polar surface area (TPSA) is 87.7 Å². The van der Waals surface area contributed by atoms with E-state index in [4.69, 9.17) is 19.5 Å². The molecule has 0 spiro atoms. The van der Waals surface area contributed by atoms with Crippen LogP contribution in [-0.4, -0.2) is 24.9 Å². The fraction of sp³-hybridized carbons (Fsp3) is 0.391. The molecule has 7 nitrogen and oxygen atoms in total. The van der Waals surface area contributed by atoms with E-state index in [1.807, 2.05) is 36.4 Å². The van der Waals surface area contributed by atoms with Crippen LogP contribution in [0, 0.1) is 0 Å². The quantitative estimate of drug-likeness (QED) is 0.382. The second-order valence-corrected chi connectivity index (χ2v) is 9.36. The van der Waals surface area contributed by atoms with Gasteiger partial charge in [0.2, 0.25) is 0 Å². The molecule has 3 N–H and O–H groups in total. The highest BCUT2D eigenvalue weighted by molar-refractivity contribution is 7.55. The van der Waals surface area contributed by atoms with E-state index in [1.165, 1.54) is 6.42 Å². The van der Waals surface area contributed by atoms with Crippen molar-refractivity contribution >= 4 is 30.0 Å². The Morgan fingerprint density at radius 2 is 1.77 bits per heavy atom. The fourth-order valence-electron chi connectivity index (χ4n) is 4.06. The molecule has 1 heterocycles. The highest BCUT2D eigenvalue weighted by Gasteiger charge is 2.27. The van der Waals surface area contributed by atoms with Gasteiger partial charge in [0.25, 0.3) is 0 Å². The van der Waals surface area contributed by atoms with Gasteiger partial charge in [-0.25, -0.2) is 4.57 Å². The van der Waals surface area contributed by atoms with Gasteiger partial charge in [0.1, 0.15) is 5.75 Å². The number of benzene rings is 2. The second kappa shape index (κ2) is 8.95. The first kappa shape index (κ1) is 21.8. The first-order valence-corrected chi connectivity index (χ1v) is 12.3. The number of aromatic nitrogens is 1. The zero-order valence-electron chi connectivity index (χ0n) is 18.3. The van der Waals surface area contributed by atoms with E-state index in [-0.39, 0.29) is 0 Å². The van der Waals surface area contributed by atoms with Gasteiger partial charge in [-0.2, -0.15) is 0 Å². The molecular formula is C23H30N3O4P. The molecule has 0 radical (unpaired) electrons. The van der Waals surface area contributed by atoms with E-state index in [0.29, 0.717) is 24.9 Å². The van der Waals surface area contributed by atoms with Crippen molar-refractivity contribution in [3.8, 4) is 17.0 Å². The minimum atomic E-state index is -3.39. The zero-order chi connectivity index (χ0) is 22.0. The Labute approximate surface area is 183 Å². The van der Waals surface area contributed by atoms with E-state index in [2.05, 4.69) is 15.7 Å². The number of nitrogens with one attached hydrogen (secondary N) is 1. The Balaban J connectivity index is 1.73. The number of methoxy groups -OCH3 is 1. The Bertz CT molecular complexity index is 1100. The zero-order valence-corrected chi connectivity index (χ0v) is 19.2. The van der Waals surface area contributed by atoms with Crippen molar-refractivity contribution in [2.24, 2.45) is 0 Å². The van der Waals surface area contributed by atoms with Crippen molar-refractivity contribution in [2.45, 2.75) is 39.2 Å². The van der Waals surface area contributed by atoms with E-state index in [0.717, 1.165) is 46.4 Å². The average molecular weight is 443 g/mol. The first-order valence-electron chi connectivity index (χ1n) is 10.7.